The summed E-state index contributed by atoms with van der Waals surface area (Å²) in [6, 6.07) is 14.2. The van der Waals surface area contributed by atoms with Crippen LogP contribution in [0.2, 0.25) is 0 Å². The molecule has 0 aromatic heterocycles. The Labute approximate surface area is 154 Å². The molecule has 2 amide bonds. The molecule has 5 heteroatoms. The fraction of sp³-hybridized carbons (Fsp3) is 0.333. The van der Waals surface area contributed by atoms with Gasteiger partial charge in [0.05, 0.1) is 5.69 Å². The maximum absolute atomic E-state index is 13.1. The van der Waals surface area contributed by atoms with Gasteiger partial charge in [0.15, 0.2) is 6.61 Å². The van der Waals surface area contributed by atoms with Crippen molar-refractivity contribution in [3.8, 4) is 5.75 Å². The highest BCUT2D eigenvalue weighted by Crippen LogP contribution is 2.38. The van der Waals surface area contributed by atoms with Crippen molar-refractivity contribution in [1.29, 1.82) is 0 Å². The summed E-state index contributed by atoms with van der Waals surface area (Å²) in [5.74, 6) is 0.166. The Kier molecular flexibility index (Phi) is 4.72. The number of carbonyl (C=O) groups excluding carboxylic acids is 2. The molecular weight excluding hydrogens is 328 g/mol. The molecule has 0 aliphatic carbocycles. The van der Waals surface area contributed by atoms with Crippen molar-refractivity contribution in [2.45, 2.75) is 39.3 Å². The van der Waals surface area contributed by atoms with Crippen LogP contribution in [-0.4, -0.2) is 24.0 Å². The van der Waals surface area contributed by atoms with E-state index >= 15 is 0 Å². The Hall–Kier alpha value is -2.82. The van der Waals surface area contributed by atoms with E-state index in [0.29, 0.717) is 11.4 Å². The van der Waals surface area contributed by atoms with Crippen molar-refractivity contribution in [3.05, 3.63) is 59.7 Å². The number of ether oxygens (including phenoxy) is 1. The van der Waals surface area contributed by atoms with Gasteiger partial charge in [0, 0.05) is 5.54 Å². The number of anilines is 1. The number of fused-ring (bicyclic) bond motifs is 1. The fourth-order valence-corrected chi connectivity index (χ4v) is 3.05. The third kappa shape index (κ3) is 3.72. The summed E-state index contributed by atoms with van der Waals surface area (Å²) in [6.07, 6.45) is 0. The van der Waals surface area contributed by atoms with E-state index in [1.165, 1.54) is 0 Å². The van der Waals surface area contributed by atoms with Crippen LogP contribution in [0.25, 0.3) is 0 Å². The van der Waals surface area contributed by atoms with Gasteiger partial charge in [0.25, 0.3) is 5.91 Å². The van der Waals surface area contributed by atoms with Gasteiger partial charge in [0.2, 0.25) is 5.91 Å². The van der Waals surface area contributed by atoms with E-state index in [2.05, 4.69) is 5.32 Å². The number of aryl methyl sites for hydroxylation is 1. The van der Waals surface area contributed by atoms with Crippen LogP contribution in [0.5, 0.6) is 5.75 Å². The van der Waals surface area contributed by atoms with Crippen LogP contribution in [0.15, 0.2) is 48.5 Å². The summed E-state index contributed by atoms with van der Waals surface area (Å²) in [4.78, 5) is 27.4. The first-order valence-corrected chi connectivity index (χ1v) is 8.69. The zero-order valence-corrected chi connectivity index (χ0v) is 15.6. The average molecular weight is 352 g/mol. The average Bonchev–Trinajstić information content (AvgIpc) is 2.56. The van der Waals surface area contributed by atoms with Gasteiger partial charge in [-0.25, -0.2) is 0 Å². The highest BCUT2D eigenvalue weighted by atomic mass is 16.5. The summed E-state index contributed by atoms with van der Waals surface area (Å²) in [6.45, 7) is 7.65. The predicted molar refractivity (Wildman–Crippen MR) is 101 cm³/mol. The number of hydrogen-bond donors (Lipinski definition) is 1. The first-order valence-electron chi connectivity index (χ1n) is 8.69. The van der Waals surface area contributed by atoms with Gasteiger partial charge in [-0.2, -0.15) is 0 Å². The smallest absolute Gasteiger partial charge is 0.266 e. The molecule has 1 atom stereocenters. The maximum Gasteiger partial charge on any atom is 0.266 e. The second-order valence-electron chi connectivity index (χ2n) is 7.58. The number of nitrogens with one attached hydrogen (secondary N) is 1. The lowest BCUT2D eigenvalue weighted by Gasteiger charge is -2.36. The van der Waals surface area contributed by atoms with Crippen molar-refractivity contribution < 1.29 is 14.3 Å². The maximum atomic E-state index is 13.1. The summed E-state index contributed by atoms with van der Waals surface area (Å²) >= 11 is 0. The van der Waals surface area contributed by atoms with Gasteiger partial charge in [-0.1, -0.05) is 36.4 Å². The SMILES string of the molecule is Cc1ccc2c(c1)OCC(=O)N2C(C(=O)NC(C)(C)C)c1ccccc1. The Bertz CT molecular complexity index is 825. The molecule has 1 aliphatic rings. The lowest BCUT2D eigenvalue weighted by molar-refractivity contribution is -0.128. The van der Waals surface area contributed by atoms with Gasteiger partial charge in [-0.3, -0.25) is 14.5 Å². The van der Waals surface area contributed by atoms with Crippen LogP contribution in [0.4, 0.5) is 5.69 Å². The normalized spacial score (nSPS) is 15.1. The molecular formula is C21H24N2O3. The summed E-state index contributed by atoms with van der Waals surface area (Å²) in [7, 11) is 0. The molecule has 1 heterocycles. The van der Waals surface area contributed by atoms with Crippen LogP contribution in [0.1, 0.15) is 37.9 Å². The first-order chi connectivity index (χ1) is 12.3. The van der Waals surface area contributed by atoms with E-state index in [4.69, 9.17) is 4.74 Å². The molecule has 3 rings (SSSR count). The third-order valence-electron chi connectivity index (χ3n) is 4.11. The number of nitrogens with zero attached hydrogens (tertiary/aromatic N) is 1. The molecule has 0 bridgehead atoms. The molecule has 0 fully saturated rings. The zero-order valence-electron chi connectivity index (χ0n) is 15.6. The molecule has 1 N–H and O–H groups in total. The number of amides is 2. The molecule has 0 saturated heterocycles. The van der Waals surface area contributed by atoms with E-state index in [1.807, 2.05) is 76.2 Å². The van der Waals surface area contributed by atoms with E-state index in [9.17, 15) is 9.59 Å². The van der Waals surface area contributed by atoms with Crippen LogP contribution < -0.4 is 15.0 Å². The van der Waals surface area contributed by atoms with Crippen LogP contribution in [-0.2, 0) is 9.59 Å². The second-order valence-corrected chi connectivity index (χ2v) is 7.58. The Balaban J connectivity index is 2.10. The molecule has 26 heavy (non-hydrogen) atoms. The molecule has 0 spiro atoms. The van der Waals surface area contributed by atoms with E-state index in [1.54, 1.807) is 4.90 Å². The molecule has 1 unspecified atom stereocenters. The molecule has 5 nitrogen and oxygen atoms in total. The fourth-order valence-electron chi connectivity index (χ4n) is 3.05. The van der Waals surface area contributed by atoms with Crippen LogP contribution >= 0.6 is 0 Å². The van der Waals surface area contributed by atoms with E-state index in [-0.39, 0.29) is 18.4 Å². The van der Waals surface area contributed by atoms with E-state index < -0.39 is 11.6 Å². The molecule has 0 radical (unpaired) electrons. The Morgan fingerprint density at radius 1 is 1.15 bits per heavy atom. The monoisotopic (exact) mass is 352 g/mol. The molecule has 1 aliphatic heterocycles. The minimum Gasteiger partial charge on any atom is -0.482 e. The lowest BCUT2D eigenvalue weighted by atomic mass is 10.00. The second kappa shape index (κ2) is 6.83. The van der Waals surface area contributed by atoms with Crippen LogP contribution in [0, 0.1) is 6.92 Å². The predicted octanol–water partition coefficient (Wildman–Crippen LogP) is 3.38. The van der Waals surface area contributed by atoms with Crippen molar-refractivity contribution in [3.63, 3.8) is 0 Å². The van der Waals surface area contributed by atoms with Crippen LogP contribution in [0.3, 0.4) is 0 Å². The first kappa shape index (κ1) is 18.0. The Morgan fingerprint density at radius 3 is 2.50 bits per heavy atom. The summed E-state index contributed by atoms with van der Waals surface area (Å²) in [5.41, 5.74) is 2.00. The van der Waals surface area contributed by atoms with Crippen molar-refractivity contribution in [2.75, 3.05) is 11.5 Å². The van der Waals surface area contributed by atoms with Gasteiger partial charge in [-0.15, -0.1) is 0 Å². The number of carbonyl (C=O) groups is 2. The minimum atomic E-state index is -0.756. The quantitative estimate of drug-likeness (QED) is 0.921. The highest BCUT2D eigenvalue weighted by Gasteiger charge is 2.37. The topological polar surface area (TPSA) is 58.6 Å². The Morgan fingerprint density at radius 2 is 1.85 bits per heavy atom. The van der Waals surface area contributed by atoms with Crippen molar-refractivity contribution in [1.82, 2.24) is 5.32 Å². The number of rotatable bonds is 3. The summed E-state index contributed by atoms with van der Waals surface area (Å²) in [5, 5.41) is 3.00. The summed E-state index contributed by atoms with van der Waals surface area (Å²) < 4.78 is 5.59. The van der Waals surface area contributed by atoms with Gasteiger partial charge < -0.3 is 10.1 Å². The number of benzene rings is 2. The van der Waals surface area contributed by atoms with E-state index in [0.717, 1.165) is 11.1 Å². The lowest BCUT2D eigenvalue weighted by Crippen LogP contribution is -2.51. The molecule has 2 aromatic carbocycles. The largest absolute Gasteiger partial charge is 0.482 e. The van der Waals surface area contributed by atoms with Gasteiger partial charge in [0.1, 0.15) is 11.8 Å². The minimum absolute atomic E-state index is 0.0808. The van der Waals surface area contributed by atoms with Gasteiger partial charge in [-0.05, 0) is 51.0 Å². The number of hydrogen-bond acceptors (Lipinski definition) is 3. The zero-order chi connectivity index (χ0) is 18.9. The molecule has 2 aromatic rings. The van der Waals surface area contributed by atoms with Crippen molar-refractivity contribution in [2.24, 2.45) is 0 Å². The van der Waals surface area contributed by atoms with Gasteiger partial charge >= 0.3 is 0 Å². The molecule has 136 valence electrons. The molecule has 0 saturated carbocycles. The highest BCUT2D eigenvalue weighted by molar-refractivity contribution is 6.04. The third-order valence-corrected chi connectivity index (χ3v) is 4.11. The van der Waals surface area contributed by atoms with Crippen molar-refractivity contribution >= 4 is 17.5 Å². The standard InChI is InChI=1S/C21H24N2O3/c1-14-10-11-16-17(12-14)26-13-18(24)23(16)19(15-8-6-5-7-9-15)20(25)22-21(2,3)4/h5-12,19H,13H2,1-4H3,(H,22,25).